The van der Waals surface area contributed by atoms with Crippen molar-refractivity contribution >= 4 is 11.0 Å². The number of aromatic nitrogens is 2. The summed E-state index contributed by atoms with van der Waals surface area (Å²) in [6.07, 6.45) is 1.81. The molecule has 0 aliphatic rings. The van der Waals surface area contributed by atoms with Gasteiger partial charge in [0.25, 0.3) is 0 Å². The average Bonchev–Trinajstić information content (AvgIpc) is 2.82. The van der Waals surface area contributed by atoms with Crippen LogP contribution in [0, 0.1) is 0 Å². The topological polar surface area (TPSA) is 38.0 Å². The van der Waals surface area contributed by atoms with Crippen LogP contribution in [0.4, 0.5) is 0 Å². The highest BCUT2D eigenvalue weighted by Gasteiger charge is 2.16. The lowest BCUT2D eigenvalue weighted by atomic mass is 9.98. The maximum Gasteiger partial charge on any atom is 0.100 e. The molecule has 0 amide bonds. The average molecular weight is 252 g/mol. The van der Waals surface area contributed by atoms with E-state index in [1.54, 1.807) is 13.8 Å². The van der Waals surface area contributed by atoms with E-state index in [0.717, 1.165) is 22.3 Å². The molecule has 0 fully saturated rings. The SMILES string of the molecule is CC(C)(O)c1cccc(-n2cnc3ccccc32)c1. The normalized spacial score (nSPS) is 11.9. The van der Waals surface area contributed by atoms with E-state index >= 15 is 0 Å². The van der Waals surface area contributed by atoms with Gasteiger partial charge in [-0.3, -0.25) is 4.57 Å². The second-order valence-electron chi connectivity index (χ2n) is 5.21. The molecule has 19 heavy (non-hydrogen) atoms. The van der Waals surface area contributed by atoms with Crippen molar-refractivity contribution in [1.29, 1.82) is 0 Å². The zero-order valence-corrected chi connectivity index (χ0v) is 11.0. The van der Waals surface area contributed by atoms with Crippen molar-refractivity contribution in [2.45, 2.75) is 19.4 Å². The monoisotopic (exact) mass is 252 g/mol. The number of benzene rings is 2. The van der Waals surface area contributed by atoms with Gasteiger partial charge < -0.3 is 5.11 Å². The predicted molar refractivity (Wildman–Crippen MR) is 76.3 cm³/mol. The summed E-state index contributed by atoms with van der Waals surface area (Å²) in [5.74, 6) is 0. The minimum absolute atomic E-state index is 0.841. The number of imidazole rings is 1. The van der Waals surface area contributed by atoms with Crippen molar-refractivity contribution in [2.24, 2.45) is 0 Å². The molecule has 0 radical (unpaired) electrons. The molecule has 96 valence electrons. The van der Waals surface area contributed by atoms with Crippen LogP contribution in [-0.4, -0.2) is 14.7 Å². The van der Waals surface area contributed by atoms with Gasteiger partial charge in [-0.25, -0.2) is 4.98 Å². The zero-order chi connectivity index (χ0) is 13.5. The van der Waals surface area contributed by atoms with Crippen LogP contribution in [-0.2, 0) is 5.60 Å². The third-order valence-corrected chi connectivity index (χ3v) is 3.28. The number of fused-ring (bicyclic) bond motifs is 1. The number of rotatable bonds is 2. The van der Waals surface area contributed by atoms with Gasteiger partial charge in [0.2, 0.25) is 0 Å². The van der Waals surface area contributed by atoms with Crippen molar-refractivity contribution in [1.82, 2.24) is 9.55 Å². The lowest BCUT2D eigenvalue weighted by Gasteiger charge is -2.18. The molecule has 0 aliphatic heterocycles. The first kappa shape index (κ1) is 11.9. The van der Waals surface area contributed by atoms with Gasteiger partial charge in [0.05, 0.1) is 16.6 Å². The smallest absolute Gasteiger partial charge is 0.100 e. The lowest BCUT2D eigenvalue weighted by Crippen LogP contribution is -2.15. The minimum Gasteiger partial charge on any atom is -0.386 e. The second-order valence-corrected chi connectivity index (χ2v) is 5.21. The molecule has 0 bridgehead atoms. The first-order valence-corrected chi connectivity index (χ1v) is 6.31. The molecule has 0 atom stereocenters. The van der Waals surface area contributed by atoms with Crippen LogP contribution in [0.3, 0.4) is 0 Å². The largest absolute Gasteiger partial charge is 0.386 e. The highest BCUT2D eigenvalue weighted by molar-refractivity contribution is 5.77. The summed E-state index contributed by atoms with van der Waals surface area (Å²) in [6, 6.07) is 15.9. The van der Waals surface area contributed by atoms with Crippen LogP contribution >= 0.6 is 0 Å². The van der Waals surface area contributed by atoms with Crippen LogP contribution < -0.4 is 0 Å². The van der Waals surface area contributed by atoms with Crippen molar-refractivity contribution in [3.05, 3.63) is 60.4 Å². The molecule has 3 aromatic rings. The highest BCUT2D eigenvalue weighted by atomic mass is 16.3. The van der Waals surface area contributed by atoms with E-state index in [1.807, 2.05) is 59.4 Å². The van der Waals surface area contributed by atoms with Gasteiger partial charge in [0.1, 0.15) is 6.33 Å². The Kier molecular flexibility index (Phi) is 2.64. The number of para-hydroxylation sites is 2. The van der Waals surface area contributed by atoms with Gasteiger partial charge in [-0.1, -0.05) is 24.3 Å². The molecule has 0 spiro atoms. The van der Waals surface area contributed by atoms with Gasteiger partial charge in [-0.15, -0.1) is 0 Å². The third kappa shape index (κ3) is 2.13. The summed E-state index contributed by atoms with van der Waals surface area (Å²) in [5, 5.41) is 10.1. The van der Waals surface area contributed by atoms with Crippen molar-refractivity contribution in [3.8, 4) is 5.69 Å². The highest BCUT2D eigenvalue weighted by Crippen LogP contribution is 2.24. The fraction of sp³-hybridized carbons (Fsp3) is 0.188. The number of hydrogen-bond donors (Lipinski definition) is 1. The zero-order valence-electron chi connectivity index (χ0n) is 11.0. The summed E-state index contributed by atoms with van der Waals surface area (Å²) in [6.45, 7) is 3.58. The molecule has 0 unspecified atom stereocenters. The fourth-order valence-electron chi connectivity index (χ4n) is 2.20. The van der Waals surface area contributed by atoms with Crippen LogP contribution in [0.1, 0.15) is 19.4 Å². The van der Waals surface area contributed by atoms with Gasteiger partial charge in [-0.2, -0.15) is 0 Å². The number of aliphatic hydroxyl groups is 1. The van der Waals surface area contributed by atoms with E-state index in [-0.39, 0.29) is 0 Å². The Morgan fingerprint density at radius 3 is 2.63 bits per heavy atom. The van der Waals surface area contributed by atoms with Crippen LogP contribution in [0.2, 0.25) is 0 Å². The van der Waals surface area contributed by atoms with Crippen LogP contribution in [0.5, 0.6) is 0 Å². The van der Waals surface area contributed by atoms with Crippen molar-refractivity contribution in [2.75, 3.05) is 0 Å². The number of hydrogen-bond acceptors (Lipinski definition) is 2. The maximum atomic E-state index is 10.1. The van der Waals surface area contributed by atoms with Gasteiger partial charge in [0.15, 0.2) is 0 Å². The molecule has 3 rings (SSSR count). The van der Waals surface area contributed by atoms with E-state index in [0.29, 0.717) is 0 Å². The van der Waals surface area contributed by atoms with Gasteiger partial charge >= 0.3 is 0 Å². The first-order chi connectivity index (χ1) is 9.05. The molecule has 1 aromatic heterocycles. The Morgan fingerprint density at radius 2 is 1.84 bits per heavy atom. The number of nitrogens with zero attached hydrogens (tertiary/aromatic N) is 2. The Labute approximate surface area is 112 Å². The van der Waals surface area contributed by atoms with E-state index < -0.39 is 5.60 Å². The second kappa shape index (κ2) is 4.21. The Hall–Kier alpha value is -2.13. The standard InChI is InChI=1S/C16H16N2O/c1-16(2,19)12-6-5-7-13(10-12)18-11-17-14-8-3-4-9-15(14)18/h3-11,19H,1-2H3. The maximum absolute atomic E-state index is 10.1. The van der Waals surface area contributed by atoms with Crippen LogP contribution in [0.15, 0.2) is 54.9 Å². The fourth-order valence-corrected chi connectivity index (χ4v) is 2.20. The van der Waals surface area contributed by atoms with Gasteiger partial charge in [-0.05, 0) is 43.7 Å². The molecule has 1 heterocycles. The molecular formula is C16H16N2O. The molecule has 3 nitrogen and oxygen atoms in total. The van der Waals surface area contributed by atoms with E-state index in [4.69, 9.17) is 0 Å². The lowest BCUT2D eigenvalue weighted by molar-refractivity contribution is 0.0786. The Bertz CT molecular complexity index is 723. The molecule has 2 aromatic carbocycles. The molecule has 3 heteroatoms. The van der Waals surface area contributed by atoms with Crippen molar-refractivity contribution < 1.29 is 5.11 Å². The quantitative estimate of drug-likeness (QED) is 0.760. The van der Waals surface area contributed by atoms with Crippen molar-refractivity contribution in [3.63, 3.8) is 0 Å². The minimum atomic E-state index is -0.841. The van der Waals surface area contributed by atoms with E-state index in [1.165, 1.54) is 0 Å². The summed E-state index contributed by atoms with van der Waals surface area (Å²) in [4.78, 5) is 4.39. The Balaban J connectivity index is 2.17. The van der Waals surface area contributed by atoms with E-state index in [2.05, 4.69) is 4.98 Å². The molecule has 0 saturated heterocycles. The summed E-state index contributed by atoms with van der Waals surface area (Å²) in [5.41, 5.74) is 3.09. The molecule has 0 aliphatic carbocycles. The summed E-state index contributed by atoms with van der Waals surface area (Å²) < 4.78 is 2.03. The molecular weight excluding hydrogens is 236 g/mol. The summed E-state index contributed by atoms with van der Waals surface area (Å²) >= 11 is 0. The van der Waals surface area contributed by atoms with Crippen LogP contribution in [0.25, 0.3) is 16.7 Å². The molecule has 0 saturated carbocycles. The third-order valence-electron chi connectivity index (χ3n) is 3.28. The van der Waals surface area contributed by atoms with E-state index in [9.17, 15) is 5.11 Å². The molecule has 1 N–H and O–H groups in total. The predicted octanol–water partition coefficient (Wildman–Crippen LogP) is 3.25. The summed E-state index contributed by atoms with van der Waals surface area (Å²) in [7, 11) is 0. The Morgan fingerprint density at radius 1 is 1.05 bits per heavy atom. The first-order valence-electron chi connectivity index (χ1n) is 6.31. The van der Waals surface area contributed by atoms with Gasteiger partial charge in [0, 0.05) is 5.69 Å².